The van der Waals surface area contributed by atoms with Crippen LogP contribution in [-0.2, 0) is 12.0 Å². The maximum absolute atomic E-state index is 13.2. The van der Waals surface area contributed by atoms with Crippen molar-refractivity contribution in [3.05, 3.63) is 65.0 Å². The summed E-state index contributed by atoms with van der Waals surface area (Å²) in [5.41, 5.74) is 2.57. The van der Waals surface area contributed by atoms with E-state index in [1.54, 1.807) is 12.1 Å². The van der Waals surface area contributed by atoms with Crippen LogP contribution in [0.1, 0.15) is 42.0 Å². The van der Waals surface area contributed by atoms with Crippen molar-refractivity contribution in [2.24, 2.45) is 0 Å². The number of halogens is 1. The van der Waals surface area contributed by atoms with Gasteiger partial charge in [0.25, 0.3) is 0 Å². The molecule has 0 bridgehead atoms. The normalized spacial score (nSPS) is 19.8. The highest BCUT2D eigenvalue weighted by Gasteiger charge is 2.36. The molecule has 1 saturated heterocycles. The molecule has 1 atom stereocenters. The molecule has 2 aromatic carbocycles. The van der Waals surface area contributed by atoms with Gasteiger partial charge in [-0.05, 0) is 67.7 Å². The number of rotatable bonds is 6. The van der Waals surface area contributed by atoms with Crippen LogP contribution in [0.2, 0.25) is 0 Å². The SMILES string of the molecule is CNCCC(c1ccc2c(c1)CCO2)N1CCC(O)(c2ccc(F)cc2)CC1. The van der Waals surface area contributed by atoms with Crippen LogP contribution in [0.4, 0.5) is 4.39 Å². The Balaban J connectivity index is 1.50. The third kappa shape index (κ3) is 3.93. The van der Waals surface area contributed by atoms with Gasteiger partial charge in [0.1, 0.15) is 11.6 Å². The fourth-order valence-corrected chi connectivity index (χ4v) is 4.51. The Morgan fingerprint density at radius 1 is 1.18 bits per heavy atom. The standard InChI is InChI=1S/C23H29FN2O2/c1-25-12-8-21(17-2-7-22-18(16-17)9-15-28-22)26-13-10-23(27,11-14-26)19-3-5-20(24)6-4-19/h2-7,16,21,25,27H,8-15H2,1H3. The van der Waals surface area contributed by atoms with Crippen LogP contribution in [0.15, 0.2) is 42.5 Å². The van der Waals surface area contributed by atoms with Gasteiger partial charge in [-0.1, -0.05) is 24.3 Å². The van der Waals surface area contributed by atoms with Gasteiger partial charge >= 0.3 is 0 Å². The molecule has 28 heavy (non-hydrogen) atoms. The molecule has 0 aliphatic carbocycles. The molecule has 4 rings (SSSR count). The van der Waals surface area contributed by atoms with Crippen LogP contribution in [-0.4, -0.2) is 43.3 Å². The Bertz CT molecular complexity index is 801. The molecule has 1 fully saturated rings. The first kappa shape index (κ1) is 19.4. The third-order valence-corrected chi connectivity index (χ3v) is 6.21. The van der Waals surface area contributed by atoms with Crippen molar-refractivity contribution in [2.45, 2.75) is 37.3 Å². The van der Waals surface area contributed by atoms with Crippen LogP contribution in [0, 0.1) is 5.82 Å². The van der Waals surface area contributed by atoms with E-state index in [2.05, 4.69) is 28.4 Å². The molecule has 0 radical (unpaired) electrons. The summed E-state index contributed by atoms with van der Waals surface area (Å²) >= 11 is 0. The molecular formula is C23H29FN2O2. The van der Waals surface area contributed by atoms with Crippen molar-refractivity contribution >= 4 is 0 Å². The van der Waals surface area contributed by atoms with Crippen LogP contribution >= 0.6 is 0 Å². The predicted molar refractivity (Wildman–Crippen MR) is 108 cm³/mol. The Kier molecular flexibility index (Phi) is 5.67. The van der Waals surface area contributed by atoms with E-state index in [-0.39, 0.29) is 5.82 Å². The van der Waals surface area contributed by atoms with E-state index in [0.29, 0.717) is 18.9 Å². The lowest BCUT2D eigenvalue weighted by Crippen LogP contribution is -2.44. The minimum absolute atomic E-state index is 0.266. The molecule has 0 saturated carbocycles. The molecule has 2 heterocycles. The highest BCUT2D eigenvalue weighted by molar-refractivity contribution is 5.41. The molecule has 4 nitrogen and oxygen atoms in total. The molecule has 2 aromatic rings. The second-order valence-corrected chi connectivity index (χ2v) is 7.95. The van der Waals surface area contributed by atoms with E-state index in [1.165, 1.54) is 23.3 Å². The molecule has 0 amide bonds. The van der Waals surface area contributed by atoms with E-state index >= 15 is 0 Å². The predicted octanol–water partition coefficient (Wildman–Crippen LogP) is 3.39. The number of hydrogen-bond acceptors (Lipinski definition) is 4. The summed E-state index contributed by atoms with van der Waals surface area (Å²) in [7, 11) is 1.98. The topological polar surface area (TPSA) is 44.7 Å². The second-order valence-electron chi connectivity index (χ2n) is 7.95. The monoisotopic (exact) mass is 384 g/mol. The summed E-state index contributed by atoms with van der Waals surface area (Å²) in [6, 6.07) is 13.2. The lowest BCUT2D eigenvalue weighted by atomic mass is 9.83. The van der Waals surface area contributed by atoms with E-state index in [1.807, 2.05) is 7.05 Å². The number of aliphatic hydroxyl groups is 1. The van der Waals surface area contributed by atoms with E-state index in [4.69, 9.17) is 4.74 Å². The Morgan fingerprint density at radius 3 is 2.64 bits per heavy atom. The van der Waals surface area contributed by atoms with Gasteiger partial charge in [-0.15, -0.1) is 0 Å². The maximum atomic E-state index is 13.2. The van der Waals surface area contributed by atoms with Crippen LogP contribution < -0.4 is 10.1 Å². The molecular weight excluding hydrogens is 355 g/mol. The van der Waals surface area contributed by atoms with Gasteiger partial charge in [-0.2, -0.15) is 0 Å². The number of ether oxygens (including phenoxy) is 1. The third-order valence-electron chi connectivity index (χ3n) is 6.21. The fraction of sp³-hybridized carbons (Fsp3) is 0.478. The van der Waals surface area contributed by atoms with Gasteiger partial charge < -0.3 is 15.2 Å². The quantitative estimate of drug-likeness (QED) is 0.801. The minimum Gasteiger partial charge on any atom is -0.493 e. The first-order chi connectivity index (χ1) is 13.6. The molecule has 2 aliphatic heterocycles. The Morgan fingerprint density at radius 2 is 1.93 bits per heavy atom. The first-order valence-corrected chi connectivity index (χ1v) is 10.2. The fourth-order valence-electron chi connectivity index (χ4n) is 4.51. The molecule has 0 aromatic heterocycles. The number of nitrogens with zero attached hydrogens (tertiary/aromatic N) is 1. The average Bonchev–Trinajstić information content (AvgIpc) is 3.18. The number of nitrogens with one attached hydrogen (secondary N) is 1. The smallest absolute Gasteiger partial charge is 0.123 e. The lowest BCUT2D eigenvalue weighted by Gasteiger charge is -2.42. The lowest BCUT2D eigenvalue weighted by molar-refractivity contribution is -0.0369. The summed E-state index contributed by atoms with van der Waals surface area (Å²) in [6.07, 6.45) is 3.31. The van der Waals surface area contributed by atoms with Crippen molar-refractivity contribution in [1.29, 1.82) is 0 Å². The number of benzene rings is 2. The molecule has 0 spiro atoms. The van der Waals surface area contributed by atoms with E-state index < -0.39 is 5.60 Å². The van der Waals surface area contributed by atoms with Gasteiger partial charge in [0.15, 0.2) is 0 Å². The maximum Gasteiger partial charge on any atom is 0.123 e. The van der Waals surface area contributed by atoms with Gasteiger partial charge in [0.05, 0.1) is 12.2 Å². The molecule has 5 heteroatoms. The molecule has 2 aliphatic rings. The summed E-state index contributed by atoms with van der Waals surface area (Å²) < 4.78 is 18.9. The zero-order chi connectivity index (χ0) is 19.6. The number of piperidine rings is 1. The Hall–Kier alpha value is -1.95. The van der Waals surface area contributed by atoms with Crippen molar-refractivity contribution in [3.8, 4) is 5.75 Å². The zero-order valence-electron chi connectivity index (χ0n) is 16.5. The summed E-state index contributed by atoms with van der Waals surface area (Å²) in [5.74, 6) is 0.748. The zero-order valence-corrected chi connectivity index (χ0v) is 16.5. The molecule has 1 unspecified atom stereocenters. The second kappa shape index (κ2) is 8.19. The largest absolute Gasteiger partial charge is 0.493 e. The average molecular weight is 384 g/mol. The summed E-state index contributed by atoms with van der Waals surface area (Å²) in [5, 5.41) is 14.4. The summed E-state index contributed by atoms with van der Waals surface area (Å²) in [4.78, 5) is 2.48. The van der Waals surface area contributed by atoms with Crippen molar-refractivity contribution in [3.63, 3.8) is 0 Å². The highest BCUT2D eigenvalue weighted by atomic mass is 19.1. The van der Waals surface area contributed by atoms with Crippen molar-refractivity contribution in [1.82, 2.24) is 10.2 Å². The van der Waals surface area contributed by atoms with Gasteiger partial charge in [-0.3, -0.25) is 4.90 Å². The van der Waals surface area contributed by atoms with Crippen LogP contribution in [0.5, 0.6) is 5.75 Å². The number of fused-ring (bicyclic) bond motifs is 1. The van der Waals surface area contributed by atoms with Gasteiger partial charge in [-0.25, -0.2) is 4.39 Å². The Labute approximate surface area is 166 Å². The summed E-state index contributed by atoms with van der Waals surface area (Å²) in [6.45, 7) is 3.34. The van der Waals surface area contributed by atoms with Crippen molar-refractivity contribution in [2.75, 3.05) is 33.3 Å². The van der Waals surface area contributed by atoms with E-state index in [9.17, 15) is 9.50 Å². The first-order valence-electron chi connectivity index (χ1n) is 10.2. The number of likely N-dealkylation sites (tertiary alicyclic amines) is 1. The minimum atomic E-state index is -0.871. The van der Waals surface area contributed by atoms with Crippen LogP contribution in [0.25, 0.3) is 0 Å². The van der Waals surface area contributed by atoms with Gasteiger partial charge in [0, 0.05) is 25.6 Å². The molecule has 2 N–H and O–H groups in total. The van der Waals surface area contributed by atoms with Gasteiger partial charge in [0.2, 0.25) is 0 Å². The van der Waals surface area contributed by atoms with Crippen molar-refractivity contribution < 1.29 is 14.2 Å². The number of hydrogen-bond donors (Lipinski definition) is 2. The molecule has 150 valence electrons. The highest BCUT2D eigenvalue weighted by Crippen LogP contribution is 2.38. The van der Waals surface area contributed by atoms with Crippen LogP contribution in [0.3, 0.4) is 0 Å². The van der Waals surface area contributed by atoms with E-state index in [0.717, 1.165) is 50.4 Å².